The second kappa shape index (κ2) is 8.03. The zero-order valence-corrected chi connectivity index (χ0v) is 10.8. The minimum Gasteiger partial charge on any atom is -0.373 e. The molecule has 0 saturated heterocycles. The molecule has 0 unspecified atom stereocenters. The van der Waals surface area contributed by atoms with Crippen molar-refractivity contribution >= 4 is 0 Å². The van der Waals surface area contributed by atoms with Crippen molar-refractivity contribution in [3.05, 3.63) is 29.7 Å². The van der Waals surface area contributed by atoms with Crippen molar-refractivity contribution in [2.75, 3.05) is 13.2 Å². The van der Waals surface area contributed by atoms with Crippen LogP contribution in [0.4, 0.5) is 0 Å². The normalized spacial score (nSPS) is 10.7. The van der Waals surface area contributed by atoms with Crippen molar-refractivity contribution in [2.24, 2.45) is 0 Å². The van der Waals surface area contributed by atoms with E-state index in [2.05, 4.69) is 24.0 Å². The van der Waals surface area contributed by atoms with E-state index < -0.39 is 0 Å². The van der Waals surface area contributed by atoms with E-state index in [4.69, 9.17) is 9.26 Å². The summed E-state index contributed by atoms with van der Waals surface area (Å²) in [6.45, 7) is 10.9. The highest BCUT2D eigenvalue weighted by Gasteiger charge is 2.03. The molecule has 0 spiro atoms. The minimum absolute atomic E-state index is 0.480. The van der Waals surface area contributed by atoms with E-state index >= 15 is 0 Å². The van der Waals surface area contributed by atoms with Crippen LogP contribution in [0.1, 0.15) is 38.1 Å². The van der Waals surface area contributed by atoms with Crippen LogP contribution in [-0.2, 0) is 17.9 Å². The maximum Gasteiger partial charge on any atom is 0.162 e. The van der Waals surface area contributed by atoms with Crippen molar-refractivity contribution in [1.29, 1.82) is 0 Å². The van der Waals surface area contributed by atoms with Crippen molar-refractivity contribution in [2.45, 2.75) is 39.8 Å². The SMILES string of the molecule is C=C(C)CCOCc1cc(CNCCC)no1. The molecule has 17 heavy (non-hydrogen) atoms. The van der Waals surface area contributed by atoms with Gasteiger partial charge in [0.2, 0.25) is 0 Å². The lowest BCUT2D eigenvalue weighted by atomic mass is 10.3. The van der Waals surface area contributed by atoms with E-state index in [1.165, 1.54) is 0 Å². The Morgan fingerprint density at radius 2 is 2.41 bits per heavy atom. The first-order chi connectivity index (χ1) is 8.22. The average Bonchev–Trinajstić information content (AvgIpc) is 2.73. The maximum atomic E-state index is 5.45. The fourth-order valence-corrected chi connectivity index (χ4v) is 1.32. The first-order valence-corrected chi connectivity index (χ1v) is 6.09. The topological polar surface area (TPSA) is 47.3 Å². The number of hydrogen-bond acceptors (Lipinski definition) is 4. The number of aromatic nitrogens is 1. The van der Waals surface area contributed by atoms with Gasteiger partial charge >= 0.3 is 0 Å². The smallest absolute Gasteiger partial charge is 0.162 e. The van der Waals surface area contributed by atoms with Crippen LogP contribution in [0.25, 0.3) is 0 Å². The number of hydrogen-bond donors (Lipinski definition) is 1. The summed E-state index contributed by atoms with van der Waals surface area (Å²) in [5.74, 6) is 0.778. The molecule has 0 aliphatic heterocycles. The molecule has 4 heteroatoms. The molecule has 0 aliphatic rings. The van der Waals surface area contributed by atoms with Gasteiger partial charge in [0.1, 0.15) is 6.61 Å². The predicted molar refractivity (Wildman–Crippen MR) is 67.6 cm³/mol. The molecule has 0 bridgehead atoms. The summed E-state index contributed by atoms with van der Waals surface area (Å²) in [4.78, 5) is 0. The molecule has 0 aromatic carbocycles. The van der Waals surface area contributed by atoms with Crippen molar-refractivity contribution in [3.8, 4) is 0 Å². The summed E-state index contributed by atoms with van der Waals surface area (Å²) in [5.41, 5.74) is 2.06. The number of rotatable bonds is 9. The molecule has 0 aliphatic carbocycles. The highest BCUT2D eigenvalue weighted by Crippen LogP contribution is 2.06. The van der Waals surface area contributed by atoms with Crippen molar-refractivity contribution < 1.29 is 9.26 Å². The molecule has 0 fully saturated rings. The zero-order valence-electron chi connectivity index (χ0n) is 10.8. The number of nitrogens with one attached hydrogen (secondary N) is 1. The van der Waals surface area contributed by atoms with E-state index in [1.54, 1.807) is 0 Å². The fourth-order valence-electron chi connectivity index (χ4n) is 1.32. The summed E-state index contributed by atoms with van der Waals surface area (Å²) >= 11 is 0. The van der Waals surface area contributed by atoms with Crippen LogP contribution in [0.15, 0.2) is 22.7 Å². The third-order valence-corrected chi connectivity index (χ3v) is 2.26. The van der Waals surface area contributed by atoms with Gasteiger partial charge in [-0.05, 0) is 26.3 Å². The Labute approximate surface area is 103 Å². The molecule has 1 aromatic heterocycles. The first-order valence-electron chi connectivity index (χ1n) is 6.09. The lowest BCUT2D eigenvalue weighted by Gasteiger charge is -2.00. The standard InChI is InChI=1S/C13H22N2O2/c1-4-6-14-9-12-8-13(17-15-12)10-16-7-5-11(2)3/h8,14H,2,4-7,9-10H2,1,3H3. The summed E-state index contributed by atoms with van der Waals surface area (Å²) in [5, 5.41) is 7.24. The third-order valence-electron chi connectivity index (χ3n) is 2.26. The van der Waals surface area contributed by atoms with Gasteiger partial charge in [0.15, 0.2) is 5.76 Å². The lowest BCUT2D eigenvalue weighted by Crippen LogP contribution is -2.13. The molecular weight excluding hydrogens is 216 g/mol. The molecule has 0 atom stereocenters. The van der Waals surface area contributed by atoms with Crippen LogP contribution in [0.2, 0.25) is 0 Å². The minimum atomic E-state index is 0.480. The second-order valence-electron chi connectivity index (χ2n) is 4.22. The average molecular weight is 238 g/mol. The molecule has 0 radical (unpaired) electrons. The van der Waals surface area contributed by atoms with E-state index in [-0.39, 0.29) is 0 Å². The predicted octanol–water partition coefficient (Wildman–Crippen LogP) is 2.66. The Hall–Kier alpha value is -1.13. The molecule has 1 N–H and O–H groups in total. The summed E-state index contributed by atoms with van der Waals surface area (Å²) in [6.07, 6.45) is 2.01. The zero-order chi connectivity index (χ0) is 12.5. The number of ether oxygens (including phenoxy) is 1. The summed E-state index contributed by atoms with van der Waals surface area (Å²) < 4.78 is 10.6. The fraction of sp³-hybridized carbons (Fsp3) is 0.615. The van der Waals surface area contributed by atoms with Gasteiger partial charge in [0, 0.05) is 12.6 Å². The molecule has 4 nitrogen and oxygen atoms in total. The lowest BCUT2D eigenvalue weighted by molar-refractivity contribution is 0.104. The highest BCUT2D eigenvalue weighted by molar-refractivity contribution is 5.04. The van der Waals surface area contributed by atoms with Gasteiger partial charge in [-0.1, -0.05) is 17.7 Å². The summed E-state index contributed by atoms with van der Waals surface area (Å²) in [6, 6.07) is 1.93. The quantitative estimate of drug-likeness (QED) is 0.530. The van der Waals surface area contributed by atoms with Gasteiger partial charge in [-0.25, -0.2) is 0 Å². The molecule has 1 aromatic rings. The molecule has 0 amide bonds. The van der Waals surface area contributed by atoms with Gasteiger partial charge in [0.25, 0.3) is 0 Å². The summed E-state index contributed by atoms with van der Waals surface area (Å²) in [7, 11) is 0. The Morgan fingerprint density at radius 3 is 3.12 bits per heavy atom. The maximum absolute atomic E-state index is 5.45. The molecular formula is C13H22N2O2. The van der Waals surface area contributed by atoms with Gasteiger partial charge in [-0.2, -0.15) is 0 Å². The van der Waals surface area contributed by atoms with Crippen LogP contribution in [0, 0.1) is 0 Å². The van der Waals surface area contributed by atoms with Crippen LogP contribution in [0.3, 0.4) is 0 Å². The van der Waals surface area contributed by atoms with E-state index in [0.29, 0.717) is 13.2 Å². The molecule has 96 valence electrons. The Balaban J connectivity index is 2.18. The molecule has 0 saturated carbocycles. The van der Waals surface area contributed by atoms with Gasteiger partial charge in [0.05, 0.1) is 12.3 Å². The van der Waals surface area contributed by atoms with Crippen molar-refractivity contribution in [3.63, 3.8) is 0 Å². The Morgan fingerprint density at radius 1 is 1.59 bits per heavy atom. The second-order valence-corrected chi connectivity index (χ2v) is 4.22. The van der Waals surface area contributed by atoms with Gasteiger partial charge in [-0.15, -0.1) is 6.58 Å². The number of nitrogens with zero attached hydrogens (tertiary/aromatic N) is 1. The Kier molecular flexibility index (Phi) is 6.58. The third kappa shape index (κ3) is 6.24. The first kappa shape index (κ1) is 13.9. The largest absolute Gasteiger partial charge is 0.373 e. The van der Waals surface area contributed by atoms with Crippen LogP contribution >= 0.6 is 0 Å². The van der Waals surface area contributed by atoms with Gasteiger partial charge < -0.3 is 14.6 Å². The highest BCUT2D eigenvalue weighted by atomic mass is 16.5. The monoisotopic (exact) mass is 238 g/mol. The molecule has 1 rings (SSSR count). The van der Waals surface area contributed by atoms with Gasteiger partial charge in [-0.3, -0.25) is 0 Å². The van der Waals surface area contributed by atoms with Crippen molar-refractivity contribution in [1.82, 2.24) is 10.5 Å². The van der Waals surface area contributed by atoms with E-state index in [9.17, 15) is 0 Å². The van der Waals surface area contributed by atoms with E-state index in [0.717, 1.165) is 43.0 Å². The van der Waals surface area contributed by atoms with Crippen LogP contribution in [-0.4, -0.2) is 18.3 Å². The molecule has 1 heterocycles. The van der Waals surface area contributed by atoms with Crippen LogP contribution in [0.5, 0.6) is 0 Å². The Bertz CT molecular complexity index is 334. The van der Waals surface area contributed by atoms with Crippen LogP contribution < -0.4 is 5.32 Å². The van der Waals surface area contributed by atoms with E-state index in [1.807, 2.05) is 13.0 Å².